The van der Waals surface area contributed by atoms with E-state index < -0.39 is 0 Å². The molecule has 0 aromatic heterocycles. The topological polar surface area (TPSA) is 40.5 Å². The molecule has 2 aliphatic rings. The summed E-state index contributed by atoms with van der Waals surface area (Å²) in [6, 6.07) is 0.246. The molecule has 0 bridgehead atoms. The zero-order valence-electron chi connectivity index (χ0n) is 9.32. The zero-order chi connectivity index (χ0) is 10.7. The Kier molecular flexibility index (Phi) is 3.76. The number of aliphatic hydroxyl groups excluding tert-OH is 1. The summed E-state index contributed by atoms with van der Waals surface area (Å²) in [6.45, 7) is 1.78. The van der Waals surface area contributed by atoms with E-state index in [4.69, 9.17) is 5.11 Å². The van der Waals surface area contributed by atoms with E-state index in [2.05, 4.69) is 4.90 Å². The molecule has 0 radical (unpaired) electrons. The van der Waals surface area contributed by atoms with Crippen molar-refractivity contribution in [1.82, 2.24) is 4.90 Å². The molecular weight excluding hydrogens is 190 g/mol. The van der Waals surface area contributed by atoms with E-state index in [-0.39, 0.29) is 12.6 Å². The van der Waals surface area contributed by atoms with Crippen LogP contribution in [0.1, 0.15) is 38.5 Å². The van der Waals surface area contributed by atoms with E-state index in [9.17, 15) is 4.79 Å². The lowest BCUT2D eigenvalue weighted by Gasteiger charge is -2.23. The molecule has 1 unspecified atom stereocenters. The van der Waals surface area contributed by atoms with Crippen molar-refractivity contribution in [2.45, 2.75) is 44.6 Å². The van der Waals surface area contributed by atoms with Crippen molar-refractivity contribution in [2.24, 2.45) is 5.92 Å². The fraction of sp³-hybridized carbons (Fsp3) is 0.917. The Balaban J connectivity index is 1.82. The third kappa shape index (κ3) is 2.58. The first-order valence-electron chi connectivity index (χ1n) is 6.19. The quantitative estimate of drug-likeness (QED) is 0.759. The molecule has 0 spiro atoms. The molecule has 2 rings (SSSR count). The lowest BCUT2D eigenvalue weighted by atomic mass is 10.0. The van der Waals surface area contributed by atoms with Crippen LogP contribution in [0.2, 0.25) is 0 Å². The van der Waals surface area contributed by atoms with Gasteiger partial charge in [0.25, 0.3) is 0 Å². The second kappa shape index (κ2) is 5.08. The van der Waals surface area contributed by atoms with Crippen LogP contribution in [0.4, 0.5) is 0 Å². The van der Waals surface area contributed by atoms with E-state index in [0.717, 1.165) is 32.2 Å². The first-order chi connectivity index (χ1) is 7.31. The molecule has 1 heterocycles. The Labute approximate surface area is 91.5 Å². The Morgan fingerprint density at radius 2 is 1.93 bits per heavy atom. The van der Waals surface area contributed by atoms with E-state index in [0.29, 0.717) is 18.2 Å². The number of hydrogen-bond donors (Lipinski definition) is 1. The second-order valence-electron chi connectivity index (χ2n) is 4.90. The van der Waals surface area contributed by atoms with Crippen molar-refractivity contribution >= 4 is 5.78 Å². The van der Waals surface area contributed by atoms with Gasteiger partial charge < -0.3 is 5.11 Å². The highest BCUT2D eigenvalue weighted by atomic mass is 16.3. The molecule has 1 atom stereocenters. The fourth-order valence-electron chi connectivity index (χ4n) is 2.89. The van der Waals surface area contributed by atoms with Crippen LogP contribution in [0, 0.1) is 5.92 Å². The van der Waals surface area contributed by atoms with Crippen LogP contribution in [0.15, 0.2) is 0 Å². The first kappa shape index (κ1) is 11.1. The van der Waals surface area contributed by atoms with Crippen molar-refractivity contribution in [3.8, 4) is 0 Å². The number of ketones is 1. The lowest BCUT2D eigenvalue weighted by Crippen LogP contribution is -2.38. The minimum Gasteiger partial charge on any atom is -0.395 e. The zero-order valence-corrected chi connectivity index (χ0v) is 9.32. The summed E-state index contributed by atoms with van der Waals surface area (Å²) in [4.78, 5) is 14.1. The lowest BCUT2D eigenvalue weighted by molar-refractivity contribution is -0.124. The Hall–Kier alpha value is -0.410. The van der Waals surface area contributed by atoms with E-state index >= 15 is 0 Å². The first-order valence-corrected chi connectivity index (χ1v) is 6.19. The average Bonchev–Trinajstić information content (AvgIpc) is 2.87. The van der Waals surface area contributed by atoms with Crippen molar-refractivity contribution in [2.75, 3.05) is 19.7 Å². The van der Waals surface area contributed by atoms with Crippen molar-refractivity contribution in [3.05, 3.63) is 0 Å². The van der Waals surface area contributed by atoms with Gasteiger partial charge in [-0.2, -0.15) is 0 Å². The maximum absolute atomic E-state index is 11.9. The third-order valence-corrected chi connectivity index (χ3v) is 3.88. The van der Waals surface area contributed by atoms with Crippen LogP contribution >= 0.6 is 0 Å². The summed E-state index contributed by atoms with van der Waals surface area (Å²) in [6.07, 6.45) is 6.81. The smallest absolute Gasteiger partial charge is 0.149 e. The molecule has 86 valence electrons. The molecule has 0 aromatic carbocycles. The number of Topliss-reactive ketones (excluding diaryl/α,β-unsaturated/α-hetero) is 1. The highest BCUT2D eigenvalue weighted by Gasteiger charge is 2.29. The van der Waals surface area contributed by atoms with Gasteiger partial charge in [0.1, 0.15) is 5.78 Å². The summed E-state index contributed by atoms with van der Waals surface area (Å²) in [5.74, 6) is 0.734. The molecule has 1 saturated carbocycles. The Morgan fingerprint density at radius 1 is 1.20 bits per heavy atom. The number of hydrogen-bond acceptors (Lipinski definition) is 3. The van der Waals surface area contributed by atoms with Gasteiger partial charge in [-0.1, -0.05) is 12.8 Å². The highest BCUT2D eigenvalue weighted by molar-refractivity contribution is 5.83. The number of aliphatic hydroxyl groups is 1. The molecule has 1 N–H and O–H groups in total. The number of likely N-dealkylation sites (tertiary alicyclic amines) is 1. The van der Waals surface area contributed by atoms with Gasteiger partial charge in [-0.05, 0) is 32.2 Å². The van der Waals surface area contributed by atoms with Gasteiger partial charge in [0.05, 0.1) is 13.2 Å². The summed E-state index contributed by atoms with van der Waals surface area (Å²) in [5, 5.41) is 9.16. The van der Waals surface area contributed by atoms with Crippen molar-refractivity contribution < 1.29 is 9.90 Å². The summed E-state index contributed by atoms with van der Waals surface area (Å²) in [7, 11) is 0. The van der Waals surface area contributed by atoms with E-state index in [1.165, 1.54) is 12.8 Å². The van der Waals surface area contributed by atoms with Gasteiger partial charge >= 0.3 is 0 Å². The Bertz CT molecular complexity index is 224. The molecule has 3 nitrogen and oxygen atoms in total. The fourth-order valence-corrected chi connectivity index (χ4v) is 2.89. The van der Waals surface area contributed by atoms with Gasteiger partial charge in [0, 0.05) is 12.0 Å². The minimum absolute atomic E-state index is 0.206. The number of carbonyl (C=O) groups excluding carboxylic acids is 1. The van der Waals surface area contributed by atoms with E-state index in [1.807, 2.05) is 0 Å². The van der Waals surface area contributed by atoms with Crippen LogP contribution in [0.5, 0.6) is 0 Å². The molecule has 0 amide bonds. The molecule has 1 aliphatic heterocycles. The third-order valence-electron chi connectivity index (χ3n) is 3.88. The normalized spacial score (nSPS) is 28.7. The predicted molar refractivity (Wildman–Crippen MR) is 58.6 cm³/mol. The van der Waals surface area contributed by atoms with Crippen molar-refractivity contribution in [1.29, 1.82) is 0 Å². The molecule has 15 heavy (non-hydrogen) atoms. The monoisotopic (exact) mass is 211 g/mol. The van der Waals surface area contributed by atoms with Gasteiger partial charge in [0.15, 0.2) is 0 Å². The molecular formula is C12H21NO2. The van der Waals surface area contributed by atoms with Gasteiger partial charge in [-0.3, -0.25) is 9.69 Å². The maximum atomic E-state index is 11.9. The van der Waals surface area contributed by atoms with Crippen LogP contribution < -0.4 is 0 Å². The SMILES string of the molecule is O=C(CN1CCCC1CO)C1CCCC1. The molecule has 1 saturated heterocycles. The van der Waals surface area contributed by atoms with Crippen LogP contribution in [-0.4, -0.2) is 41.5 Å². The van der Waals surface area contributed by atoms with Crippen molar-refractivity contribution in [3.63, 3.8) is 0 Å². The van der Waals surface area contributed by atoms with Crippen LogP contribution in [0.25, 0.3) is 0 Å². The van der Waals surface area contributed by atoms with E-state index in [1.54, 1.807) is 0 Å². The van der Waals surface area contributed by atoms with Gasteiger partial charge in [-0.25, -0.2) is 0 Å². The minimum atomic E-state index is 0.206. The summed E-state index contributed by atoms with van der Waals surface area (Å²) in [5.41, 5.74) is 0. The average molecular weight is 211 g/mol. The molecule has 1 aliphatic carbocycles. The number of rotatable bonds is 4. The predicted octanol–water partition coefficient (Wildman–Crippen LogP) is 1.20. The molecule has 0 aromatic rings. The van der Waals surface area contributed by atoms with Gasteiger partial charge in [-0.15, -0.1) is 0 Å². The summed E-state index contributed by atoms with van der Waals surface area (Å²) >= 11 is 0. The Morgan fingerprint density at radius 3 is 2.60 bits per heavy atom. The standard InChI is InChI=1S/C12H21NO2/c14-9-11-6-3-7-13(11)8-12(15)10-4-1-2-5-10/h10-11,14H,1-9H2. The molecule has 3 heteroatoms. The number of carbonyl (C=O) groups is 1. The van der Waals surface area contributed by atoms with Crippen LogP contribution in [0.3, 0.4) is 0 Å². The molecule has 2 fully saturated rings. The maximum Gasteiger partial charge on any atom is 0.149 e. The number of nitrogens with zero attached hydrogens (tertiary/aromatic N) is 1. The largest absolute Gasteiger partial charge is 0.395 e. The highest BCUT2D eigenvalue weighted by Crippen LogP contribution is 2.26. The second-order valence-corrected chi connectivity index (χ2v) is 4.90. The summed E-state index contributed by atoms with van der Waals surface area (Å²) < 4.78 is 0. The van der Waals surface area contributed by atoms with Gasteiger partial charge in [0.2, 0.25) is 0 Å². The van der Waals surface area contributed by atoms with Crippen LogP contribution in [-0.2, 0) is 4.79 Å².